The number of rotatable bonds is 7. The van der Waals surface area contributed by atoms with Crippen LogP contribution in [0.3, 0.4) is 0 Å². The van der Waals surface area contributed by atoms with E-state index in [1.165, 1.54) is 4.88 Å². The van der Waals surface area contributed by atoms with Crippen molar-refractivity contribution in [3.63, 3.8) is 0 Å². The van der Waals surface area contributed by atoms with E-state index in [9.17, 15) is 8.42 Å². The first-order valence-electron chi connectivity index (χ1n) is 8.61. The van der Waals surface area contributed by atoms with E-state index in [4.69, 9.17) is 4.74 Å². The zero-order valence-electron chi connectivity index (χ0n) is 14.2. The Balaban J connectivity index is 1.49. The van der Waals surface area contributed by atoms with Crippen LogP contribution in [0.2, 0.25) is 0 Å². The minimum Gasteiger partial charge on any atom is -0.383 e. The van der Waals surface area contributed by atoms with Crippen molar-refractivity contribution in [2.24, 2.45) is 0 Å². The molecule has 1 aromatic rings. The van der Waals surface area contributed by atoms with Gasteiger partial charge in [0.2, 0.25) is 0 Å². The first kappa shape index (κ1) is 18.3. The summed E-state index contributed by atoms with van der Waals surface area (Å²) in [7, 11) is -1.79. The van der Waals surface area contributed by atoms with E-state index in [-0.39, 0.29) is 12.1 Å². The normalized spacial score (nSPS) is 24.6. The van der Waals surface area contributed by atoms with Gasteiger partial charge < -0.3 is 4.74 Å². The van der Waals surface area contributed by atoms with Gasteiger partial charge in [0.1, 0.15) is 0 Å². The van der Waals surface area contributed by atoms with Crippen molar-refractivity contribution in [3.8, 4) is 0 Å². The molecule has 3 rings (SSSR count). The second kappa shape index (κ2) is 8.25. The number of ether oxygens (including phenoxy) is 1. The molecule has 1 N–H and O–H groups in total. The van der Waals surface area contributed by atoms with Crippen LogP contribution in [0.4, 0.5) is 0 Å². The fourth-order valence-corrected chi connectivity index (χ4v) is 6.06. The standard InChI is InChI=1S/C16H27N3O3S2/c1-22-13-15-4-2-8-19(15)24(20,21)17-14-6-9-18(10-7-14)12-16-5-3-11-23-16/h3,5,11,14-15,17H,2,4,6-10,12-13H2,1H3. The van der Waals surface area contributed by atoms with Gasteiger partial charge in [0.25, 0.3) is 10.2 Å². The number of nitrogens with zero attached hydrogens (tertiary/aromatic N) is 2. The molecule has 1 atom stereocenters. The SMILES string of the molecule is COCC1CCCN1S(=O)(=O)NC1CCN(Cc2cccs2)CC1. The smallest absolute Gasteiger partial charge is 0.280 e. The van der Waals surface area contributed by atoms with Crippen LogP contribution < -0.4 is 4.72 Å². The van der Waals surface area contributed by atoms with Crippen LogP contribution in [0.25, 0.3) is 0 Å². The number of piperidine rings is 1. The maximum atomic E-state index is 12.7. The predicted molar refractivity (Wildman–Crippen MR) is 96.3 cm³/mol. The Kier molecular flexibility index (Phi) is 6.28. The molecule has 8 heteroatoms. The summed E-state index contributed by atoms with van der Waals surface area (Å²) < 4.78 is 35.0. The van der Waals surface area contributed by atoms with Crippen molar-refractivity contribution in [2.75, 3.05) is 33.4 Å². The average Bonchev–Trinajstić information content (AvgIpc) is 3.21. The van der Waals surface area contributed by atoms with Gasteiger partial charge in [-0.25, -0.2) is 0 Å². The number of thiophene rings is 1. The van der Waals surface area contributed by atoms with Gasteiger partial charge in [0, 0.05) is 50.2 Å². The summed E-state index contributed by atoms with van der Waals surface area (Å²) in [6.45, 7) is 3.92. The molecule has 0 bridgehead atoms. The second-order valence-electron chi connectivity index (χ2n) is 6.61. The zero-order chi connectivity index (χ0) is 17.0. The molecule has 2 aliphatic rings. The van der Waals surface area contributed by atoms with Crippen molar-refractivity contribution >= 4 is 21.5 Å². The van der Waals surface area contributed by atoms with Crippen molar-refractivity contribution in [3.05, 3.63) is 22.4 Å². The van der Waals surface area contributed by atoms with Crippen molar-refractivity contribution < 1.29 is 13.2 Å². The third-order valence-electron chi connectivity index (χ3n) is 4.85. The predicted octanol–water partition coefficient (Wildman–Crippen LogP) is 1.66. The van der Waals surface area contributed by atoms with Crippen LogP contribution in [0.1, 0.15) is 30.6 Å². The molecule has 1 aromatic heterocycles. The summed E-state index contributed by atoms with van der Waals surface area (Å²) in [5, 5.41) is 2.10. The number of methoxy groups -OCH3 is 1. The van der Waals surface area contributed by atoms with Gasteiger partial charge in [-0.2, -0.15) is 17.4 Å². The molecule has 0 amide bonds. The highest BCUT2D eigenvalue weighted by atomic mass is 32.2. The molecular formula is C16H27N3O3S2. The van der Waals surface area contributed by atoms with Crippen LogP contribution in [-0.4, -0.2) is 63.1 Å². The monoisotopic (exact) mass is 373 g/mol. The highest BCUT2D eigenvalue weighted by molar-refractivity contribution is 7.87. The molecule has 0 saturated carbocycles. The molecule has 6 nitrogen and oxygen atoms in total. The molecule has 0 aliphatic carbocycles. The fourth-order valence-electron chi connectivity index (χ4n) is 3.59. The maximum absolute atomic E-state index is 12.7. The number of hydrogen-bond acceptors (Lipinski definition) is 5. The first-order valence-corrected chi connectivity index (χ1v) is 10.9. The quantitative estimate of drug-likeness (QED) is 0.790. The summed E-state index contributed by atoms with van der Waals surface area (Å²) >= 11 is 1.78. The minimum atomic E-state index is -3.41. The molecule has 136 valence electrons. The van der Waals surface area contributed by atoms with E-state index < -0.39 is 10.2 Å². The Bertz CT molecular complexity index is 598. The van der Waals surface area contributed by atoms with Gasteiger partial charge in [-0.15, -0.1) is 11.3 Å². The molecule has 2 saturated heterocycles. The lowest BCUT2D eigenvalue weighted by Crippen LogP contribution is -2.51. The third-order valence-corrected chi connectivity index (χ3v) is 7.44. The van der Waals surface area contributed by atoms with E-state index in [2.05, 4.69) is 27.1 Å². The Labute approximate surface area is 149 Å². The van der Waals surface area contributed by atoms with Gasteiger partial charge in [-0.1, -0.05) is 6.07 Å². The highest BCUT2D eigenvalue weighted by Crippen LogP contribution is 2.22. The Morgan fingerprint density at radius 2 is 2.08 bits per heavy atom. The summed E-state index contributed by atoms with van der Waals surface area (Å²) in [5.41, 5.74) is 0. The first-order chi connectivity index (χ1) is 11.6. The lowest BCUT2D eigenvalue weighted by atomic mass is 10.1. The largest absolute Gasteiger partial charge is 0.383 e. The number of nitrogens with one attached hydrogen (secondary N) is 1. The lowest BCUT2D eigenvalue weighted by Gasteiger charge is -2.33. The third kappa shape index (κ3) is 4.56. The number of hydrogen-bond donors (Lipinski definition) is 1. The van der Waals surface area contributed by atoms with Crippen LogP contribution in [0, 0.1) is 0 Å². The molecule has 1 unspecified atom stereocenters. The van der Waals surface area contributed by atoms with Gasteiger partial charge in [-0.3, -0.25) is 4.90 Å². The summed E-state index contributed by atoms with van der Waals surface area (Å²) in [5.74, 6) is 0. The molecule has 0 spiro atoms. The number of likely N-dealkylation sites (tertiary alicyclic amines) is 1. The van der Waals surface area contributed by atoms with Gasteiger partial charge in [0.05, 0.1) is 6.61 Å². The van der Waals surface area contributed by atoms with Gasteiger partial charge in [-0.05, 0) is 37.1 Å². The second-order valence-corrected chi connectivity index (χ2v) is 9.30. The lowest BCUT2D eigenvalue weighted by molar-refractivity contribution is 0.147. The van der Waals surface area contributed by atoms with E-state index in [1.54, 1.807) is 22.8 Å². The van der Waals surface area contributed by atoms with Crippen LogP contribution in [0.5, 0.6) is 0 Å². The van der Waals surface area contributed by atoms with Crippen LogP contribution in [-0.2, 0) is 21.5 Å². The van der Waals surface area contributed by atoms with Gasteiger partial charge >= 0.3 is 0 Å². The van der Waals surface area contributed by atoms with E-state index in [1.807, 2.05) is 0 Å². The summed E-state index contributed by atoms with van der Waals surface area (Å²) in [6, 6.07) is 4.25. The molecule has 0 aromatic carbocycles. The zero-order valence-corrected chi connectivity index (χ0v) is 15.8. The molecule has 3 heterocycles. The van der Waals surface area contributed by atoms with Crippen LogP contribution >= 0.6 is 11.3 Å². The molecule has 24 heavy (non-hydrogen) atoms. The minimum absolute atomic E-state index is 0.0218. The Morgan fingerprint density at radius 1 is 1.29 bits per heavy atom. The van der Waals surface area contributed by atoms with Crippen LogP contribution in [0.15, 0.2) is 17.5 Å². The molecule has 0 radical (unpaired) electrons. The van der Waals surface area contributed by atoms with Crippen molar-refractivity contribution in [1.82, 2.24) is 13.9 Å². The molecular weight excluding hydrogens is 346 g/mol. The van der Waals surface area contributed by atoms with E-state index in [0.717, 1.165) is 45.3 Å². The van der Waals surface area contributed by atoms with E-state index >= 15 is 0 Å². The van der Waals surface area contributed by atoms with Gasteiger partial charge in [0.15, 0.2) is 0 Å². The summed E-state index contributed by atoms with van der Waals surface area (Å²) in [6.07, 6.45) is 3.53. The topological polar surface area (TPSA) is 61.9 Å². The highest BCUT2D eigenvalue weighted by Gasteiger charge is 2.35. The van der Waals surface area contributed by atoms with E-state index in [0.29, 0.717) is 13.2 Å². The van der Waals surface area contributed by atoms with Crippen molar-refractivity contribution in [1.29, 1.82) is 0 Å². The average molecular weight is 374 g/mol. The maximum Gasteiger partial charge on any atom is 0.280 e. The Hall–Kier alpha value is -0.510. The molecule has 2 fully saturated rings. The summed E-state index contributed by atoms with van der Waals surface area (Å²) in [4.78, 5) is 3.77. The Morgan fingerprint density at radius 3 is 2.75 bits per heavy atom. The van der Waals surface area contributed by atoms with Crippen molar-refractivity contribution in [2.45, 2.75) is 44.3 Å². The fraction of sp³-hybridized carbons (Fsp3) is 0.750. The molecule has 2 aliphatic heterocycles.